The summed E-state index contributed by atoms with van der Waals surface area (Å²) in [5, 5.41) is 2.73. The number of aryl methyl sites for hydroxylation is 4. The Bertz CT molecular complexity index is 898. The van der Waals surface area contributed by atoms with Crippen molar-refractivity contribution in [2.24, 2.45) is 0 Å². The minimum atomic E-state index is 0.134. The Hall–Kier alpha value is -2.08. The SMILES string of the molecule is Cc1cc(C)c(-c2cc(C(C)(C)C)c(C)c3ccccc23)c(C)c1. The van der Waals surface area contributed by atoms with E-state index in [9.17, 15) is 0 Å². The average molecular weight is 316 g/mol. The summed E-state index contributed by atoms with van der Waals surface area (Å²) in [6.45, 7) is 15.8. The second kappa shape index (κ2) is 5.77. The Kier molecular flexibility index (Phi) is 4.03. The molecule has 3 rings (SSSR count). The zero-order chi connectivity index (χ0) is 17.6. The van der Waals surface area contributed by atoms with Crippen LogP contribution in [0.1, 0.15) is 48.6 Å². The van der Waals surface area contributed by atoms with Crippen molar-refractivity contribution >= 4 is 10.8 Å². The van der Waals surface area contributed by atoms with Gasteiger partial charge in [0.1, 0.15) is 0 Å². The van der Waals surface area contributed by atoms with E-state index in [1.807, 2.05) is 0 Å². The van der Waals surface area contributed by atoms with Gasteiger partial charge in [-0.05, 0) is 83.3 Å². The maximum Gasteiger partial charge on any atom is -0.00969 e. The normalized spacial score (nSPS) is 12.0. The standard InChI is InChI=1S/C24H28/c1-15-12-16(2)23(17(3)13-15)21-14-22(24(5,6)7)18(4)19-10-8-9-11-20(19)21/h8-14H,1-7H3. The van der Waals surface area contributed by atoms with E-state index in [4.69, 9.17) is 0 Å². The fourth-order valence-corrected chi connectivity index (χ4v) is 4.11. The Labute approximate surface area is 146 Å². The molecule has 3 aromatic carbocycles. The summed E-state index contributed by atoms with van der Waals surface area (Å²) in [7, 11) is 0. The van der Waals surface area contributed by atoms with Crippen LogP contribution >= 0.6 is 0 Å². The summed E-state index contributed by atoms with van der Waals surface area (Å²) >= 11 is 0. The van der Waals surface area contributed by atoms with Gasteiger partial charge < -0.3 is 0 Å². The Morgan fingerprint density at radius 3 is 1.79 bits per heavy atom. The Morgan fingerprint density at radius 2 is 1.25 bits per heavy atom. The molecule has 0 aromatic heterocycles. The highest BCUT2D eigenvalue weighted by molar-refractivity contribution is 6.00. The lowest BCUT2D eigenvalue weighted by Gasteiger charge is -2.26. The molecule has 24 heavy (non-hydrogen) atoms. The smallest absolute Gasteiger partial charge is 0.00969 e. The van der Waals surface area contributed by atoms with Crippen molar-refractivity contribution in [1.29, 1.82) is 0 Å². The van der Waals surface area contributed by atoms with Gasteiger partial charge in [0, 0.05) is 0 Å². The molecule has 0 saturated carbocycles. The average Bonchev–Trinajstić information content (AvgIpc) is 2.47. The van der Waals surface area contributed by atoms with Gasteiger partial charge in [-0.3, -0.25) is 0 Å². The van der Waals surface area contributed by atoms with Crippen LogP contribution in [0.2, 0.25) is 0 Å². The van der Waals surface area contributed by atoms with Crippen LogP contribution in [-0.2, 0) is 5.41 Å². The lowest BCUT2D eigenvalue weighted by Crippen LogP contribution is -2.13. The van der Waals surface area contributed by atoms with Gasteiger partial charge in [0.05, 0.1) is 0 Å². The molecular weight excluding hydrogens is 288 g/mol. The lowest BCUT2D eigenvalue weighted by molar-refractivity contribution is 0.587. The molecule has 0 amide bonds. The first kappa shape index (κ1) is 16.8. The first-order chi connectivity index (χ1) is 11.2. The molecule has 0 heteroatoms. The van der Waals surface area contributed by atoms with Crippen molar-refractivity contribution in [2.75, 3.05) is 0 Å². The predicted molar refractivity (Wildman–Crippen MR) is 107 cm³/mol. The molecule has 0 radical (unpaired) electrons. The minimum Gasteiger partial charge on any atom is -0.0616 e. The van der Waals surface area contributed by atoms with Crippen LogP contribution in [0.3, 0.4) is 0 Å². The van der Waals surface area contributed by atoms with Gasteiger partial charge in [0.15, 0.2) is 0 Å². The quantitative estimate of drug-likeness (QED) is 0.451. The first-order valence-electron chi connectivity index (χ1n) is 8.81. The number of fused-ring (bicyclic) bond motifs is 1. The van der Waals surface area contributed by atoms with E-state index in [2.05, 4.69) is 90.9 Å². The summed E-state index contributed by atoms with van der Waals surface area (Å²) in [4.78, 5) is 0. The fourth-order valence-electron chi connectivity index (χ4n) is 4.11. The third-order valence-corrected chi connectivity index (χ3v) is 5.07. The molecule has 0 fully saturated rings. The van der Waals surface area contributed by atoms with Gasteiger partial charge in [0.2, 0.25) is 0 Å². The molecule has 0 bridgehead atoms. The van der Waals surface area contributed by atoms with Crippen molar-refractivity contribution in [3.8, 4) is 11.1 Å². The molecule has 0 atom stereocenters. The van der Waals surface area contributed by atoms with Crippen LogP contribution in [0.5, 0.6) is 0 Å². The van der Waals surface area contributed by atoms with Gasteiger partial charge in [-0.1, -0.05) is 62.7 Å². The maximum absolute atomic E-state index is 2.43. The van der Waals surface area contributed by atoms with Crippen LogP contribution in [0, 0.1) is 27.7 Å². The molecule has 0 heterocycles. The molecule has 0 nitrogen and oxygen atoms in total. The summed E-state index contributed by atoms with van der Waals surface area (Å²) in [6, 6.07) is 15.9. The van der Waals surface area contributed by atoms with E-state index in [-0.39, 0.29) is 5.41 Å². The topological polar surface area (TPSA) is 0 Å². The van der Waals surface area contributed by atoms with Crippen molar-refractivity contribution < 1.29 is 0 Å². The van der Waals surface area contributed by atoms with Crippen molar-refractivity contribution in [2.45, 2.75) is 53.9 Å². The van der Waals surface area contributed by atoms with Crippen LogP contribution in [0.25, 0.3) is 21.9 Å². The highest BCUT2D eigenvalue weighted by Crippen LogP contribution is 2.40. The Balaban J connectivity index is 2.47. The summed E-state index contributed by atoms with van der Waals surface area (Å²) in [5.74, 6) is 0. The lowest BCUT2D eigenvalue weighted by atomic mass is 9.79. The zero-order valence-corrected chi connectivity index (χ0v) is 16.0. The number of hydrogen-bond donors (Lipinski definition) is 0. The third-order valence-electron chi connectivity index (χ3n) is 5.07. The van der Waals surface area contributed by atoms with Gasteiger partial charge >= 0.3 is 0 Å². The van der Waals surface area contributed by atoms with Crippen LogP contribution in [0.4, 0.5) is 0 Å². The minimum absolute atomic E-state index is 0.134. The molecule has 0 aliphatic rings. The molecule has 0 spiro atoms. The molecule has 0 unspecified atom stereocenters. The number of hydrogen-bond acceptors (Lipinski definition) is 0. The van der Waals surface area contributed by atoms with Gasteiger partial charge in [-0.15, -0.1) is 0 Å². The van der Waals surface area contributed by atoms with E-state index in [0.29, 0.717) is 0 Å². The van der Waals surface area contributed by atoms with Crippen LogP contribution in [-0.4, -0.2) is 0 Å². The van der Waals surface area contributed by atoms with Crippen molar-refractivity contribution in [3.63, 3.8) is 0 Å². The predicted octanol–water partition coefficient (Wildman–Crippen LogP) is 7.04. The first-order valence-corrected chi connectivity index (χ1v) is 8.81. The number of rotatable bonds is 1. The Morgan fingerprint density at radius 1 is 0.708 bits per heavy atom. The highest BCUT2D eigenvalue weighted by Gasteiger charge is 2.21. The van der Waals surface area contributed by atoms with E-state index in [1.54, 1.807) is 0 Å². The maximum atomic E-state index is 2.43. The van der Waals surface area contributed by atoms with Gasteiger partial charge in [0.25, 0.3) is 0 Å². The van der Waals surface area contributed by atoms with Gasteiger partial charge in [-0.25, -0.2) is 0 Å². The summed E-state index contributed by atoms with van der Waals surface area (Å²) in [6.07, 6.45) is 0. The third kappa shape index (κ3) is 2.75. The molecular formula is C24H28. The van der Waals surface area contributed by atoms with Gasteiger partial charge in [-0.2, -0.15) is 0 Å². The second-order valence-electron chi connectivity index (χ2n) is 8.17. The second-order valence-corrected chi connectivity index (χ2v) is 8.17. The summed E-state index contributed by atoms with van der Waals surface area (Å²) < 4.78 is 0. The molecule has 0 N–H and O–H groups in total. The van der Waals surface area contributed by atoms with Crippen molar-refractivity contribution in [1.82, 2.24) is 0 Å². The van der Waals surface area contributed by atoms with E-state index in [1.165, 1.54) is 49.7 Å². The molecule has 3 aromatic rings. The van der Waals surface area contributed by atoms with E-state index >= 15 is 0 Å². The largest absolute Gasteiger partial charge is 0.0616 e. The van der Waals surface area contributed by atoms with Crippen molar-refractivity contribution in [3.05, 3.63) is 70.3 Å². The van der Waals surface area contributed by atoms with E-state index < -0.39 is 0 Å². The molecule has 124 valence electrons. The molecule has 0 saturated heterocycles. The number of benzene rings is 3. The fraction of sp³-hybridized carbons (Fsp3) is 0.333. The summed E-state index contributed by atoms with van der Waals surface area (Å²) in [5.41, 5.74) is 9.80. The highest BCUT2D eigenvalue weighted by atomic mass is 14.3. The zero-order valence-electron chi connectivity index (χ0n) is 16.0. The molecule has 0 aliphatic heterocycles. The van der Waals surface area contributed by atoms with E-state index in [0.717, 1.165) is 0 Å². The molecule has 0 aliphatic carbocycles. The van der Waals surface area contributed by atoms with Crippen LogP contribution < -0.4 is 0 Å². The monoisotopic (exact) mass is 316 g/mol. The van der Waals surface area contributed by atoms with Crippen LogP contribution in [0.15, 0.2) is 42.5 Å².